The van der Waals surface area contributed by atoms with Crippen molar-refractivity contribution in [2.24, 2.45) is 11.8 Å². The standard InChI is InChI=1S/C80H156O17P2/c1-7-9-11-13-15-17-19-21-22-23-24-25-26-27-28-31-36-40-46-53-59-65-80(85)96-75(68-90-77(82)62-56-50-44-38-35-32-29-30-33-37-42-48-54-60-72(3)4)70-94-98(86,87)92-66-74(81)67-93-99(88,89)95-71-76(69-91-78(83)63-57-51-47-41-43-49-55-61-73(5)6)97-79(84)64-58-52-45-39-34-20-18-16-14-12-10-8-2/h72-76,81H,7-71H2,1-6H3,(H,86,87)(H,88,89)/t74-,75-,76-/m1/s1. The van der Waals surface area contributed by atoms with Crippen LogP contribution in [0.1, 0.15) is 420 Å². The summed E-state index contributed by atoms with van der Waals surface area (Å²) in [5, 5.41) is 10.6. The number of hydrogen-bond donors (Lipinski definition) is 3. The number of aliphatic hydroxyl groups is 1. The SMILES string of the molecule is CCCCCCCCCCCCCCCCCCCCCCCC(=O)O[C@H](COC(=O)CCCCCCCCCCCCCCCC(C)C)COP(=O)(O)OC[C@@H](O)COP(=O)(O)OC[C@@H](COC(=O)CCCCCCCCCC(C)C)OC(=O)CCCCCCCCCCCCCC. The van der Waals surface area contributed by atoms with E-state index >= 15 is 0 Å². The Bertz CT molecular complexity index is 1910. The summed E-state index contributed by atoms with van der Waals surface area (Å²) in [6, 6.07) is 0. The van der Waals surface area contributed by atoms with E-state index in [1.165, 1.54) is 231 Å². The third-order valence-electron chi connectivity index (χ3n) is 18.7. The number of ether oxygens (including phenoxy) is 4. The van der Waals surface area contributed by atoms with Gasteiger partial charge >= 0.3 is 39.5 Å². The van der Waals surface area contributed by atoms with E-state index in [2.05, 4.69) is 41.5 Å². The van der Waals surface area contributed by atoms with Gasteiger partial charge in [0, 0.05) is 25.7 Å². The summed E-state index contributed by atoms with van der Waals surface area (Å²) in [5.74, 6) is -0.615. The molecule has 5 atom stereocenters. The lowest BCUT2D eigenvalue weighted by Gasteiger charge is -2.21. The van der Waals surface area contributed by atoms with Crippen molar-refractivity contribution in [2.75, 3.05) is 39.6 Å². The Morgan fingerprint density at radius 1 is 0.273 bits per heavy atom. The number of phosphoric acid groups is 2. The molecule has 0 amide bonds. The van der Waals surface area contributed by atoms with Crippen LogP contribution in [0.4, 0.5) is 0 Å². The van der Waals surface area contributed by atoms with Gasteiger partial charge in [-0.25, -0.2) is 9.13 Å². The maximum atomic E-state index is 13.1. The monoisotopic (exact) mass is 1450 g/mol. The normalized spacial score (nSPS) is 13.9. The summed E-state index contributed by atoms with van der Waals surface area (Å²) in [6.45, 7) is 9.58. The molecule has 0 heterocycles. The largest absolute Gasteiger partial charge is 0.472 e. The van der Waals surface area contributed by atoms with Crippen molar-refractivity contribution >= 4 is 39.5 Å². The van der Waals surface area contributed by atoms with Crippen LogP contribution in [0, 0.1) is 11.8 Å². The smallest absolute Gasteiger partial charge is 0.462 e. The number of carbonyl (C=O) groups excluding carboxylic acids is 4. The van der Waals surface area contributed by atoms with Crippen LogP contribution in [0.15, 0.2) is 0 Å². The number of aliphatic hydroxyl groups excluding tert-OH is 1. The molecule has 0 aromatic rings. The third kappa shape index (κ3) is 74.1. The molecule has 19 heteroatoms. The minimum Gasteiger partial charge on any atom is -0.462 e. The molecule has 3 N–H and O–H groups in total. The Morgan fingerprint density at radius 2 is 0.465 bits per heavy atom. The Kier molecular flexibility index (Phi) is 70.3. The summed E-state index contributed by atoms with van der Waals surface area (Å²) in [6.07, 6.45) is 61.2. The fourth-order valence-electron chi connectivity index (χ4n) is 12.4. The van der Waals surface area contributed by atoms with E-state index in [-0.39, 0.29) is 25.7 Å². The van der Waals surface area contributed by atoms with Gasteiger partial charge in [-0.1, -0.05) is 369 Å². The Hall–Kier alpha value is -1.94. The van der Waals surface area contributed by atoms with E-state index in [0.717, 1.165) is 102 Å². The highest BCUT2D eigenvalue weighted by atomic mass is 31.2. The van der Waals surface area contributed by atoms with Crippen LogP contribution < -0.4 is 0 Å². The number of hydrogen-bond acceptors (Lipinski definition) is 15. The molecule has 0 spiro atoms. The van der Waals surface area contributed by atoms with Crippen LogP contribution >= 0.6 is 15.6 Å². The molecule has 0 bridgehead atoms. The Morgan fingerprint density at radius 3 is 0.687 bits per heavy atom. The second-order valence-electron chi connectivity index (χ2n) is 29.8. The molecule has 0 saturated carbocycles. The average Bonchev–Trinajstić information content (AvgIpc) is 0.958. The zero-order chi connectivity index (χ0) is 72.8. The highest BCUT2D eigenvalue weighted by molar-refractivity contribution is 7.47. The Labute approximate surface area is 607 Å². The van der Waals surface area contributed by atoms with Crippen LogP contribution in [0.2, 0.25) is 0 Å². The zero-order valence-corrected chi connectivity index (χ0v) is 66.6. The van der Waals surface area contributed by atoms with Crippen molar-refractivity contribution in [1.29, 1.82) is 0 Å². The quantitative estimate of drug-likeness (QED) is 0.0222. The lowest BCUT2D eigenvalue weighted by atomic mass is 10.0. The number of carbonyl (C=O) groups is 4. The van der Waals surface area contributed by atoms with Gasteiger partial charge in [0.15, 0.2) is 12.2 Å². The predicted octanol–water partition coefficient (Wildman–Crippen LogP) is 23.9. The van der Waals surface area contributed by atoms with Gasteiger partial charge in [-0.15, -0.1) is 0 Å². The fraction of sp³-hybridized carbons (Fsp3) is 0.950. The van der Waals surface area contributed by atoms with Gasteiger partial charge in [0.2, 0.25) is 0 Å². The molecule has 0 saturated heterocycles. The maximum Gasteiger partial charge on any atom is 0.472 e. The second kappa shape index (κ2) is 71.7. The highest BCUT2D eigenvalue weighted by Gasteiger charge is 2.30. The lowest BCUT2D eigenvalue weighted by Crippen LogP contribution is -2.30. The molecule has 0 aliphatic heterocycles. The molecular formula is C80H156O17P2. The zero-order valence-electron chi connectivity index (χ0n) is 64.8. The summed E-state index contributed by atoms with van der Waals surface area (Å²) < 4.78 is 68.6. The van der Waals surface area contributed by atoms with Crippen molar-refractivity contribution in [3.8, 4) is 0 Å². The maximum absolute atomic E-state index is 13.1. The topological polar surface area (TPSA) is 237 Å². The van der Waals surface area contributed by atoms with Gasteiger partial charge in [0.05, 0.1) is 26.4 Å². The molecule has 2 unspecified atom stereocenters. The first-order chi connectivity index (χ1) is 47.9. The number of phosphoric ester groups is 2. The molecule has 0 fully saturated rings. The molecule has 588 valence electrons. The van der Waals surface area contributed by atoms with Gasteiger partial charge in [0.1, 0.15) is 19.3 Å². The summed E-state index contributed by atoms with van der Waals surface area (Å²) in [5.41, 5.74) is 0. The van der Waals surface area contributed by atoms with Gasteiger partial charge in [-0.05, 0) is 37.5 Å². The first-order valence-electron chi connectivity index (χ1n) is 41.5. The van der Waals surface area contributed by atoms with Gasteiger partial charge in [-0.2, -0.15) is 0 Å². The van der Waals surface area contributed by atoms with E-state index in [9.17, 15) is 43.2 Å². The molecule has 0 aromatic carbocycles. The van der Waals surface area contributed by atoms with Crippen LogP contribution in [0.5, 0.6) is 0 Å². The molecule has 0 aromatic heterocycles. The lowest BCUT2D eigenvalue weighted by molar-refractivity contribution is -0.161. The summed E-state index contributed by atoms with van der Waals surface area (Å²) in [7, 11) is -9.92. The Balaban J connectivity index is 5.21. The summed E-state index contributed by atoms with van der Waals surface area (Å²) >= 11 is 0. The molecule has 0 radical (unpaired) electrons. The van der Waals surface area contributed by atoms with E-state index in [1.54, 1.807) is 0 Å². The predicted molar refractivity (Wildman–Crippen MR) is 405 cm³/mol. The molecular weight excluding hydrogens is 1290 g/mol. The van der Waals surface area contributed by atoms with Gasteiger partial charge < -0.3 is 33.8 Å². The first-order valence-corrected chi connectivity index (χ1v) is 44.5. The van der Waals surface area contributed by atoms with Crippen LogP contribution in [0.25, 0.3) is 0 Å². The number of rotatable bonds is 79. The second-order valence-corrected chi connectivity index (χ2v) is 32.7. The van der Waals surface area contributed by atoms with E-state index in [4.69, 9.17) is 37.0 Å². The summed E-state index contributed by atoms with van der Waals surface area (Å²) in [4.78, 5) is 72.9. The van der Waals surface area contributed by atoms with Crippen molar-refractivity contribution < 1.29 is 80.2 Å². The van der Waals surface area contributed by atoms with Gasteiger partial charge in [0.25, 0.3) is 0 Å². The first kappa shape index (κ1) is 97.1. The number of unbranched alkanes of at least 4 members (excludes halogenated alkanes) is 49. The minimum absolute atomic E-state index is 0.107. The van der Waals surface area contributed by atoms with Crippen molar-refractivity contribution in [2.45, 2.75) is 439 Å². The van der Waals surface area contributed by atoms with E-state index in [0.29, 0.717) is 31.6 Å². The van der Waals surface area contributed by atoms with E-state index < -0.39 is 97.5 Å². The average molecular weight is 1450 g/mol. The molecule has 0 aliphatic rings. The van der Waals surface area contributed by atoms with Crippen molar-refractivity contribution in [1.82, 2.24) is 0 Å². The van der Waals surface area contributed by atoms with E-state index in [1.807, 2.05) is 0 Å². The number of esters is 4. The van der Waals surface area contributed by atoms with Crippen LogP contribution in [0.3, 0.4) is 0 Å². The molecule has 17 nitrogen and oxygen atoms in total. The van der Waals surface area contributed by atoms with Crippen LogP contribution in [-0.2, 0) is 65.4 Å². The molecule has 0 aliphatic carbocycles. The molecule has 0 rings (SSSR count). The van der Waals surface area contributed by atoms with Gasteiger partial charge in [-0.3, -0.25) is 37.3 Å². The van der Waals surface area contributed by atoms with Crippen molar-refractivity contribution in [3.05, 3.63) is 0 Å². The molecule has 99 heavy (non-hydrogen) atoms. The fourth-order valence-corrected chi connectivity index (χ4v) is 13.9. The van der Waals surface area contributed by atoms with Crippen LogP contribution in [-0.4, -0.2) is 96.7 Å². The highest BCUT2D eigenvalue weighted by Crippen LogP contribution is 2.45. The van der Waals surface area contributed by atoms with Crippen molar-refractivity contribution in [3.63, 3.8) is 0 Å². The third-order valence-corrected chi connectivity index (χ3v) is 20.6. The minimum atomic E-state index is -4.96.